The zero-order valence-electron chi connectivity index (χ0n) is 13.7. The van der Waals surface area contributed by atoms with Gasteiger partial charge in [0, 0.05) is 18.7 Å². The average molecular weight is 301 g/mol. The molecule has 4 nitrogen and oxygen atoms in total. The van der Waals surface area contributed by atoms with E-state index in [1.54, 1.807) is 7.11 Å². The molecule has 0 bridgehead atoms. The summed E-state index contributed by atoms with van der Waals surface area (Å²) < 4.78 is 5.39. The van der Waals surface area contributed by atoms with Crippen LogP contribution in [0.3, 0.4) is 0 Å². The van der Waals surface area contributed by atoms with Gasteiger partial charge >= 0.3 is 0 Å². The minimum Gasteiger partial charge on any atom is -0.496 e. The molecule has 0 amide bonds. The van der Waals surface area contributed by atoms with Crippen LogP contribution >= 0.6 is 0 Å². The molecule has 0 radical (unpaired) electrons. The maximum Gasteiger partial charge on any atom is 0.191 e. The van der Waals surface area contributed by atoms with Gasteiger partial charge in [0.2, 0.25) is 0 Å². The van der Waals surface area contributed by atoms with Gasteiger partial charge in [-0.3, -0.25) is 0 Å². The molecule has 0 saturated heterocycles. The Morgan fingerprint density at radius 3 is 2.68 bits per heavy atom. The number of methoxy groups -OCH3 is 1. The van der Waals surface area contributed by atoms with E-state index >= 15 is 0 Å². The van der Waals surface area contributed by atoms with Gasteiger partial charge in [-0.05, 0) is 50.0 Å². The lowest BCUT2D eigenvalue weighted by Gasteiger charge is -2.18. The van der Waals surface area contributed by atoms with Gasteiger partial charge in [0.15, 0.2) is 5.96 Å². The Morgan fingerprint density at radius 1 is 1.27 bits per heavy atom. The minimum absolute atomic E-state index is 0.584. The number of para-hydroxylation sites is 1. The molecule has 0 aromatic heterocycles. The van der Waals surface area contributed by atoms with Crippen molar-refractivity contribution in [1.29, 1.82) is 0 Å². The summed E-state index contributed by atoms with van der Waals surface area (Å²) >= 11 is 0. The zero-order valence-corrected chi connectivity index (χ0v) is 13.7. The van der Waals surface area contributed by atoms with E-state index in [0.717, 1.165) is 36.3 Å². The third-order valence-electron chi connectivity index (χ3n) is 4.89. The fraction of sp³-hybridized carbons (Fsp3) is 0.611. The van der Waals surface area contributed by atoms with Crippen molar-refractivity contribution in [3.05, 3.63) is 29.8 Å². The van der Waals surface area contributed by atoms with Gasteiger partial charge in [-0.2, -0.15) is 0 Å². The van der Waals surface area contributed by atoms with Crippen LogP contribution < -0.4 is 15.4 Å². The van der Waals surface area contributed by atoms with Crippen LogP contribution in [0.5, 0.6) is 5.75 Å². The van der Waals surface area contributed by atoms with Crippen LogP contribution in [0.25, 0.3) is 0 Å². The molecule has 0 unspecified atom stereocenters. The van der Waals surface area contributed by atoms with E-state index in [0.29, 0.717) is 12.0 Å². The monoisotopic (exact) mass is 301 g/mol. The third-order valence-corrected chi connectivity index (χ3v) is 4.89. The number of hydrogen-bond donors (Lipinski definition) is 2. The Kier molecular flexibility index (Phi) is 4.55. The predicted molar refractivity (Wildman–Crippen MR) is 90.2 cm³/mol. The summed E-state index contributed by atoms with van der Waals surface area (Å²) in [5.74, 6) is 2.79. The van der Waals surface area contributed by atoms with Gasteiger partial charge < -0.3 is 15.4 Å². The molecule has 4 heteroatoms. The zero-order chi connectivity index (χ0) is 15.4. The standard InChI is InChI=1S/C18H27N3O/c1-3-19-17(21-13-18(10-11-18)15-8-9-15)20-12-14-6-4-5-7-16(14)22-2/h4-7,15H,3,8-13H2,1-2H3,(H2,19,20,21). The predicted octanol–water partition coefficient (Wildman–Crippen LogP) is 2.94. The van der Waals surface area contributed by atoms with E-state index in [1.807, 2.05) is 18.2 Å². The lowest BCUT2D eigenvalue weighted by molar-refractivity contribution is 0.409. The number of rotatable bonds is 7. The molecule has 0 heterocycles. The van der Waals surface area contributed by atoms with Crippen LogP contribution in [0.1, 0.15) is 38.2 Å². The largest absolute Gasteiger partial charge is 0.496 e. The van der Waals surface area contributed by atoms with Crippen molar-refractivity contribution < 1.29 is 4.74 Å². The number of nitrogens with zero attached hydrogens (tertiary/aromatic N) is 1. The summed E-state index contributed by atoms with van der Waals surface area (Å²) in [5, 5.41) is 6.90. The van der Waals surface area contributed by atoms with Crippen molar-refractivity contribution >= 4 is 5.96 Å². The van der Waals surface area contributed by atoms with Crippen LogP contribution in [0, 0.1) is 11.3 Å². The smallest absolute Gasteiger partial charge is 0.191 e. The summed E-state index contributed by atoms with van der Waals surface area (Å²) in [6.45, 7) is 4.69. The fourth-order valence-electron chi connectivity index (χ4n) is 3.18. The van der Waals surface area contributed by atoms with Crippen molar-refractivity contribution in [2.24, 2.45) is 16.3 Å². The highest BCUT2D eigenvalue weighted by Gasteiger charge is 2.53. The van der Waals surface area contributed by atoms with Gasteiger partial charge in [-0.15, -0.1) is 0 Å². The molecule has 0 aliphatic heterocycles. The number of nitrogens with one attached hydrogen (secondary N) is 2. The second kappa shape index (κ2) is 6.59. The van der Waals surface area contributed by atoms with Crippen molar-refractivity contribution in [3.8, 4) is 5.75 Å². The quantitative estimate of drug-likeness (QED) is 0.601. The molecule has 3 rings (SSSR count). The lowest BCUT2D eigenvalue weighted by atomic mass is 10.0. The molecular formula is C18H27N3O. The van der Waals surface area contributed by atoms with E-state index in [2.05, 4.69) is 23.6 Å². The topological polar surface area (TPSA) is 45.7 Å². The number of aliphatic imine (C=N–C) groups is 1. The van der Waals surface area contributed by atoms with Crippen LogP contribution in [-0.2, 0) is 6.54 Å². The molecule has 22 heavy (non-hydrogen) atoms. The number of guanidine groups is 1. The Labute approximate surface area is 133 Å². The van der Waals surface area contributed by atoms with E-state index in [4.69, 9.17) is 9.73 Å². The molecule has 2 aliphatic rings. The molecule has 0 atom stereocenters. The van der Waals surface area contributed by atoms with Crippen LogP contribution in [0.15, 0.2) is 29.3 Å². The van der Waals surface area contributed by atoms with Crippen molar-refractivity contribution in [3.63, 3.8) is 0 Å². The Balaban J connectivity index is 1.60. The van der Waals surface area contributed by atoms with Crippen LogP contribution in [-0.4, -0.2) is 26.2 Å². The number of benzene rings is 1. The van der Waals surface area contributed by atoms with E-state index in [9.17, 15) is 0 Å². The summed E-state index contributed by atoms with van der Waals surface area (Å²) in [5.41, 5.74) is 1.70. The van der Waals surface area contributed by atoms with E-state index in [1.165, 1.54) is 25.7 Å². The van der Waals surface area contributed by atoms with Gasteiger partial charge in [0.25, 0.3) is 0 Å². The molecular weight excluding hydrogens is 274 g/mol. The summed E-state index contributed by atoms with van der Waals surface area (Å²) in [6.07, 6.45) is 5.63. The molecule has 2 saturated carbocycles. The van der Waals surface area contributed by atoms with Gasteiger partial charge in [0.05, 0.1) is 13.7 Å². The second-order valence-electron chi connectivity index (χ2n) is 6.50. The van der Waals surface area contributed by atoms with E-state index < -0.39 is 0 Å². The highest BCUT2D eigenvalue weighted by atomic mass is 16.5. The van der Waals surface area contributed by atoms with Gasteiger partial charge in [0.1, 0.15) is 5.75 Å². The first-order chi connectivity index (χ1) is 10.8. The maximum absolute atomic E-state index is 5.39. The summed E-state index contributed by atoms with van der Waals surface area (Å²) in [6, 6.07) is 8.07. The maximum atomic E-state index is 5.39. The molecule has 2 N–H and O–H groups in total. The molecule has 2 aliphatic carbocycles. The molecule has 2 fully saturated rings. The SMILES string of the molecule is CCNC(=NCc1ccccc1OC)NCC1(C2CC2)CC1. The van der Waals surface area contributed by atoms with Crippen molar-refractivity contribution in [1.82, 2.24) is 10.6 Å². The Morgan fingerprint density at radius 2 is 2.05 bits per heavy atom. The van der Waals surface area contributed by atoms with Crippen LogP contribution in [0.4, 0.5) is 0 Å². The van der Waals surface area contributed by atoms with E-state index in [-0.39, 0.29) is 0 Å². The lowest BCUT2D eigenvalue weighted by Crippen LogP contribution is -2.40. The number of ether oxygens (including phenoxy) is 1. The highest BCUT2D eigenvalue weighted by Crippen LogP contribution is 2.60. The fourth-order valence-corrected chi connectivity index (χ4v) is 3.18. The average Bonchev–Trinajstić information content (AvgIpc) is 3.43. The first kappa shape index (κ1) is 15.2. The van der Waals surface area contributed by atoms with Gasteiger partial charge in [-0.25, -0.2) is 4.99 Å². The molecule has 120 valence electrons. The molecule has 1 aromatic rings. The summed E-state index contributed by atoms with van der Waals surface area (Å²) in [7, 11) is 1.71. The third kappa shape index (κ3) is 3.54. The molecule has 1 aromatic carbocycles. The van der Waals surface area contributed by atoms with Crippen molar-refractivity contribution in [2.75, 3.05) is 20.2 Å². The van der Waals surface area contributed by atoms with Crippen molar-refractivity contribution in [2.45, 2.75) is 39.2 Å². The van der Waals surface area contributed by atoms with Crippen LogP contribution in [0.2, 0.25) is 0 Å². The second-order valence-corrected chi connectivity index (χ2v) is 6.50. The first-order valence-electron chi connectivity index (χ1n) is 8.41. The first-order valence-corrected chi connectivity index (χ1v) is 8.41. The normalized spacial score (nSPS) is 19.6. The highest BCUT2D eigenvalue weighted by molar-refractivity contribution is 5.79. The molecule has 0 spiro atoms. The minimum atomic E-state index is 0.584. The Bertz CT molecular complexity index is 533. The summed E-state index contributed by atoms with van der Waals surface area (Å²) in [4.78, 5) is 4.72. The number of hydrogen-bond acceptors (Lipinski definition) is 2. The van der Waals surface area contributed by atoms with Gasteiger partial charge in [-0.1, -0.05) is 18.2 Å². The Hall–Kier alpha value is -1.71.